The van der Waals surface area contributed by atoms with E-state index >= 15 is 0 Å². The molecule has 0 saturated carbocycles. The average Bonchev–Trinajstić information content (AvgIpc) is 2.94. The zero-order chi connectivity index (χ0) is 16.0. The summed E-state index contributed by atoms with van der Waals surface area (Å²) in [6, 6.07) is 5.23. The maximum atomic E-state index is 12.7. The summed E-state index contributed by atoms with van der Waals surface area (Å²) in [6.07, 6.45) is 0.825. The Bertz CT molecular complexity index is 782. The molecular formula is C13H20ClN3O4S2. The van der Waals surface area contributed by atoms with Gasteiger partial charge in [0.25, 0.3) is 0 Å². The summed E-state index contributed by atoms with van der Waals surface area (Å²) in [6.45, 7) is 2.71. The molecule has 1 aromatic rings. The van der Waals surface area contributed by atoms with Crippen LogP contribution in [0.1, 0.15) is 6.42 Å². The molecule has 0 radical (unpaired) electrons. The normalized spacial score (nSPS) is 25.6. The number of primary sulfonamides is 1. The first kappa shape index (κ1) is 18.6. The van der Waals surface area contributed by atoms with E-state index in [-0.39, 0.29) is 22.2 Å². The van der Waals surface area contributed by atoms with Crippen molar-refractivity contribution in [1.82, 2.24) is 9.62 Å². The van der Waals surface area contributed by atoms with Crippen LogP contribution in [0.25, 0.3) is 0 Å². The van der Waals surface area contributed by atoms with Gasteiger partial charge in [-0.1, -0.05) is 6.07 Å². The van der Waals surface area contributed by atoms with Crippen molar-refractivity contribution in [3.05, 3.63) is 24.3 Å². The van der Waals surface area contributed by atoms with Crippen LogP contribution in [-0.2, 0) is 20.0 Å². The van der Waals surface area contributed by atoms with Gasteiger partial charge in [0, 0.05) is 13.1 Å². The van der Waals surface area contributed by atoms with E-state index in [1.54, 1.807) is 0 Å². The molecule has 0 aromatic heterocycles. The van der Waals surface area contributed by atoms with Crippen molar-refractivity contribution >= 4 is 32.5 Å². The van der Waals surface area contributed by atoms with Gasteiger partial charge < -0.3 is 5.32 Å². The summed E-state index contributed by atoms with van der Waals surface area (Å²) in [7, 11) is -7.62. The average molecular weight is 382 g/mol. The van der Waals surface area contributed by atoms with Crippen molar-refractivity contribution < 1.29 is 16.8 Å². The fraction of sp³-hybridized carbons (Fsp3) is 0.538. The number of piperidine rings is 1. The van der Waals surface area contributed by atoms with Crippen LogP contribution in [0.15, 0.2) is 34.1 Å². The Morgan fingerprint density at radius 2 is 1.74 bits per heavy atom. The third-order valence-corrected chi connectivity index (χ3v) is 7.21. The SMILES string of the molecule is Cl.NS(=O)(=O)c1cccc(S(=O)(=O)N2CCC3CNCC3C2)c1. The lowest BCUT2D eigenvalue weighted by Crippen LogP contribution is -2.43. The number of nitrogens with one attached hydrogen (secondary N) is 1. The van der Waals surface area contributed by atoms with Crippen molar-refractivity contribution in [1.29, 1.82) is 0 Å². The Labute approximate surface area is 142 Å². The predicted octanol–water partition coefficient (Wildman–Crippen LogP) is -0.0142. The Morgan fingerprint density at radius 3 is 2.43 bits per heavy atom. The molecular weight excluding hydrogens is 362 g/mol. The van der Waals surface area contributed by atoms with Gasteiger partial charge in [-0.05, 0) is 49.5 Å². The molecule has 2 aliphatic rings. The quantitative estimate of drug-likeness (QED) is 0.765. The third kappa shape index (κ3) is 3.70. The molecule has 2 aliphatic heterocycles. The molecule has 130 valence electrons. The second-order valence-corrected chi connectivity index (χ2v) is 9.35. The summed E-state index contributed by atoms with van der Waals surface area (Å²) in [5, 5.41) is 8.36. The van der Waals surface area contributed by atoms with Crippen LogP contribution < -0.4 is 10.5 Å². The maximum Gasteiger partial charge on any atom is 0.243 e. The topological polar surface area (TPSA) is 110 Å². The molecule has 0 amide bonds. The van der Waals surface area contributed by atoms with E-state index in [0.717, 1.165) is 25.6 Å². The van der Waals surface area contributed by atoms with Gasteiger partial charge in [0.15, 0.2) is 0 Å². The molecule has 2 atom stereocenters. The van der Waals surface area contributed by atoms with E-state index in [9.17, 15) is 16.8 Å². The van der Waals surface area contributed by atoms with E-state index in [2.05, 4.69) is 5.32 Å². The van der Waals surface area contributed by atoms with Crippen molar-refractivity contribution in [2.24, 2.45) is 17.0 Å². The van der Waals surface area contributed by atoms with Gasteiger partial charge in [0.05, 0.1) is 9.79 Å². The van der Waals surface area contributed by atoms with Crippen LogP contribution in [-0.4, -0.2) is 47.3 Å². The molecule has 2 unspecified atom stereocenters. The van der Waals surface area contributed by atoms with Gasteiger partial charge in [-0.25, -0.2) is 22.0 Å². The van der Waals surface area contributed by atoms with Gasteiger partial charge in [0.2, 0.25) is 20.0 Å². The fourth-order valence-electron chi connectivity index (χ4n) is 3.18. The molecule has 2 heterocycles. The second-order valence-electron chi connectivity index (χ2n) is 5.85. The lowest BCUT2D eigenvalue weighted by Gasteiger charge is -2.33. The Hall–Kier alpha value is -0.710. The Morgan fingerprint density at radius 1 is 1.09 bits per heavy atom. The number of fused-ring (bicyclic) bond motifs is 1. The molecule has 10 heteroatoms. The lowest BCUT2D eigenvalue weighted by molar-refractivity contribution is 0.228. The molecule has 2 saturated heterocycles. The highest BCUT2D eigenvalue weighted by Gasteiger charge is 2.37. The Kier molecular flexibility index (Phi) is 5.39. The number of rotatable bonds is 3. The molecule has 1 aromatic carbocycles. The van der Waals surface area contributed by atoms with E-state index in [1.807, 2.05) is 0 Å². The number of hydrogen-bond acceptors (Lipinski definition) is 5. The van der Waals surface area contributed by atoms with Gasteiger partial charge in [0.1, 0.15) is 0 Å². The highest BCUT2D eigenvalue weighted by atomic mass is 35.5. The number of nitrogens with two attached hydrogens (primary N) is 1. The van der Waals surface area contributed by atoms with Gasteiger partial charge in [-0.3, -0.25) is 0 Å². The van der Waals surface area contributed by atoms with Crippen molar-refractivity contribution in [3.63, 3.8) is 0 Å². The number of halogens is 1. The number of nitrogens with zero attached hydrogens (tertiary/aromatic N) is 1. The molecule has 23 heavy (non-hydrogen) atoms. The fourth-order valence-corrected chi connectivity index (χ4v) is 5.37. The monoisotopic (exact) mass is 381 g/mol. The van der Waals surface area contributed by atoms with Crippen LogP contribution >= 0.6 is 12.4 Å². The van der Waals surface area contributed by atoms with E-state index < -0.39 is 20.0 Å². The molecule has 0 spiro atoms. The summed E-state index contributed by atoms with van der Waals surface area (Å²) >= 11 is 0. The molecule has 7 nitrogen and oxygen atoms in total. The second kappa shape index (κ2) is 6.66. The lowest BCUT2D eigenvalue weighted by atomic mass is 9.90. The first-order valence-electron chi connectivity index (χ1n) is 7.12. The molecule has 3 rings (SSSR count). The maximum absolute atomic E-state index is 12.7. The highest BCUT2D eigenvalue weighted by Crippen LogP contribution is 2.30. The predicted molar refractivity (Wildman–Crippen MR) is 88.3 cm³/mol. The zero-order valence-electron chi connectivity index (χ0n) is 12.4. The minimum absolute atomic E-state index is 0. The standard InChI is InChI=1S/C13H19N3O4S2.ClH/c14-21(17,18)12-2-1-3-13(6-12)22(19,20)16-5-4-10-7-15-8-11(10)9-16;/h1-3,6,10-11,15H,4-5,7-9H2,(H2,14,17,18);1H. The minimum Gasteiger partial charge on any atom is -0.316 e. The molecule has 2 fully saturated rings. The molecule has 0 bridgehead atoms. The summed E-state index contributed by atoms with van der Waals surface area (Å²) in [5.74, 6) is 0.854. The summed E-state index contributed by atoms with van der Waals surface area (Å²) in [5.41, 5.74) is 0. The zero-order valence-corrected chi connectivity index (χ0v) is 14.8. The summed E-state index contributed by atoms with van der Waals surface area (Å²) in [4.78, 5) is -0.213. The first-order chi connectivity index (χ1) is 10.3. The molecule has 3 N–H and O–H groups in total. The minimum atomic E-state index is -3.92. The van der Waals surface area contributed by atoms with Crippen LogP contribution in [0.4, 0.5) is 0 Å². The van der Waals surface area contributed by atoms with Gasteiger partial charge in [-0.2, -0.15) is 4.31 Å². The van der Waals surface area contributed by atoms with Crippen molar-refractivity contribution in [2.45, 2.75) is 16.2 Å². The smallest absolute Gasteiger partial charge is 0.243 e. The van der Waals surface area contributed by atoms with Crippen molar-refractivity contribution in [2.75, 3.05) is 26.2 Å². The largest absolute Gasteiger partial charge is 0.316 e. The van der Waals surface area contributed by atoms with Gasteiger partial charge in [-0.15, -0.1) is 12.4 Å². The van der Waals surface area contributed by atoms with E-state index in [4.69, 9.17) is 5.14 Å². The van der Waals surface area contributed by atoms with Crippen LogP contribution in [0.5, 0.6) is 0 Å². The first-order valence-corrected chi connectivity index (χ1v) is 10.1. The number of hydrogen-bond donors (Lipinski definition) is 2. The van der Waals surface area contributed by atoms with Gasteiger partial charge >= 0.3 is 0 Å². The number of benzene rings is 1. The molecule has 0 aliphatic carbocycles. The van der Waals surface area contributed by atoms with E-state index in [1.165, 1.54) is 22.5 Å². The van der Waals surface area contributed by atoms with Crippen LogP contribution in [0.3, 0.4) is 0 Å². The summed E-state index contributed by atoms with van der Waals surface area (Å²) < 4.78 is 49.7. The number of sulfonamides is 2. The van der Waals surface area contributed by atoms with Crippen LogP contribution in [0, 0.1) is 11.8 Å². The Balaban J connectivity index is 0.00000192. The van der Waals surface area contributed by atoms with Crippen molar-refractivity contribution in [3.8, 4) is 0 Å². The van der Waals surface area contributed by atoms with Crippen LogP contribution in [0.2, 0.25) is 0 Å². The highest BCUT2D eigenvalue weighted by molar-refractivity contribution is 7.90. The third-order valence-electron chi connectivity index (χ3n) is 4.44. The van der Waals surface area contributed by atoms with E-state index in [0.29, 0.717) is 24.9 Å².